The zero-order chi connectivity index (χ0) is 10.7. The molecule has 0 bridgehead atoms. The number of methoxy groups -OCH3 is 2. The van der Waals surface area contributed by atoms with Gasteiger partial charge in [-0.05, 0) is 28.1 Å². The second-order valence-corrected chi connectivity index (χ2v) is 3.39. The Labute approximate surface area is 89.0 Å². The first-order valence-corrected chi connectivity index (χ1v) is 4.59. The first-order valence-electron chi connectivity index (χ1n) is 3.79. The average Bonchev–Trinajstić information content (AvgIpc) is 2.16. The Morgan fingerprint density at radius 1 is 1.21 bits per heavy atom. The highest BCUT2D eigenvalue weighted by Crippen LogP contribution is 2.38. The molecule has 1 rings (SSSR count). The molecule has 0 spiro atoms. The van der Waals surface area contributed by atoms with Crippen molar-refractivity contribution in [3.63, 3.8) is 0 Å². The monoisotopic (exact) mass is 266 g/mol. The van der Waals surface area contributed by atoms with E-state index >= 15 is 0 Å². The third-order valence-electron chi connectivity index (χ3n) is 1.72. The van der Waals surface area contributed by atoms with Crippen molar-refractivity contribution in [2.24, 2.45) is 0 Å². The van der Waals surface area contributed by atoms with E-state index in [4.69, 9.17) is 9.47 Å². The summed E-state index contributed by atoms with van der Waals surface area (Å²) < 4.78 is 35.3. The van der Waals surface area contributed by atoms with E-state index in [1.807, 2.05) is 0 Å². The molecule has 78 valence electrons. The molecule has 14 heavy (non-hydrogen) atoms. The van der Waals surface area contributed by atoms with Crippen LogP contribution in [0.15, 0.2) is 16.6 Å². The molecular formula is C9H9BrF2O2. The number of hydrogen-bond donors (Lipinski definition) is 0. The van der Waals surface area contributed by atoms with Crippen LogP contribution in [0.5, 0.6) is 11.5 Å². The summed E-state index contributed by atoms with van der Waals surface area (Å²) in [7, 11) is 2.77. The Balaban J connectivity index is 3.28. The molecular weight excluding hydrogens is 258 g/mol. The van der Waals surface area contributed by atoms with Crippen molar-refractivity contribution in [1.29, 1.82) is 0 Å². The fraction of sp³-hybridized carbons (Fsp3) is 0.333. The third-order valence-corrected chi connectivity index (χ3v) is 2.31. The summed E-state index contributed by atoms with van der Waals surface area (Å²) in [6, 6.07) is 2.83. The van der Waals surface area contributed by atoms with E-state index in [1.165, 1.54) is 20.3 Å². The number of rotatable bonds is 3. The Morgan fingerprint density at radius 2 is 1.86 bits per heavy atom. The summed E-state index contributed by atoms with van der Waals surface area (Å²) in [5.74, 6) is 0.508. The Kier molecular flexibility index (Phi) is 3.69. The van der Waals surface area contributed by atoms with Crippen LogP contribution in [-0.2, 0) is 0 Å². The largest absolute Gasteiger partial charge is 0.497 e. The van der Waals surface area contributed by atoms with Gasteiger partial charge in [-0.25, -0.2) is 8.78 Å². The van der Waals surface area contributed by atoms with Gasteiger partial charge in [0, 0.05) is 0 Å². The number of hydrogen-bond acceptors (Lipinski definition) is 2. The minimum absolute atomic E-state index is 0.140. The SMILES string of the molecule is COc1cc(Br)c(OC)c(C(F)F)c1. The minimum Gasteiger partial charge on any atom is -0.497 e. The topological polar surface area (TPSA) is 18.5 Å². The lowest BCUT2D eigenvalue weighted by Gasteiger charge is -2.11. The van der Waals surface area contributed by atoms with Gasteiger partial charge in [-0.15, -0.1) is 0 Å². The molecule has 0 fully saturated rings. The highest BCUT2D eigenvalue weighted by molar-refractivity contribution is 9.10. The van der Waals surface area contributed by atoms with E-state index in [9.17, 15) is 8.78 Å². The number of ether oxygens (including phenoxy) is 2. The van der Waals surface area contributed by atoms with Crippen molar-refractivity contribution in [3.8, 4) is 11.5 Å². The van der Waals surface area contributed by atoms with E-state index in [1.54, 1.807) is 6.07 Å². The molecule has 0 unspecified atom stereocenters. The predicted molar refractivity (Wildman–Crippen MR) is 52.2 cm³/mol. The summed E-state index contributed by atoms with van der Waals surface area (Å²) in [5.41, 5.74) is -0.182. The van der Waals surface area contributed by atoms with E-state index in [0.717, 1.165) is 0 Å². The molecule has 0 saturated carbocycles. The second kappa shape index (κ2) is 4.59. The molecule has 0 saturated heterocycles. The van der Waals surface area contributed by atoms with Gasteiger partial charge >= 0.3 is 0 Å². The maximum absolute atomic E-state index is 12.6. The van der Waals surface area contributed by atoms with Gasteiger partial charge in [0.1, 0.15) is 11.5 Å². The average molecular weight is 267 g/mol. The van der Waals surface area contributed by atoms with Gasteiger partial charge in [-0.2, -0.15) is 0 Å². The third kappa shape index (κ3) is 2.15. The zero-order valence-electron chi connectivity index (χ0n) is 7.68. The maximum atomic E-state index is 12.6. The Morgan fingerprint density at radius 3 is 2.29 bits per heavy atom. The summed E-state index contributed by atoms with van der Waals surface area (Å²) >= 11 is 3.13. The summed E-state index contributed by atoms with van der Waals surface area (Å²) in [5, 5.41) is 0. The van der Waals surface area contributed by atoms with Gasteiger partial charge in [0.05, 0.1) is 24.3 Å². The molecule has 0 aliphatic heterocycles. The molecule has 5 heteroatoms. The fourth-order valence-corrected chi connectivity index (χ4v) is 1.70. The second-order valence-electron chi connectivity index (χ2n) is 2.53. The van der Waals surface area contributed by atoms with Gasteiger partial charge < -0.3 is 9.47 Å². The van der Waals surface area contributed by atoms with Crippen LogP contribution < -0.4 is 9.47 Å². The number of halogens is 3. The molecule has 0 atom stereocenters. The van der Waals surface area contributed by atoms with Crippen molar-refractivity contribution in [2.45, 2.75) is 6.43 Å². The highest BCUT2D eigenvalue weighted by atomic mass is 79.9. The molecule has 0 aliphatic carbocycles. The molecule has 0 radical (unpaired) electrons. The molecule has 1 aromatic rings. The van der Waals surface area contributed by atoms with Gasteiger partial charge in [0.25, 0.3) is 6.43 Å². The van der Waals surface area contributed by atoms with Gasteiger partial charge in [0.15, 0.2) is 0 Å². The van der Waals surface area contributed by atoms with Gasteiger partial charge in [0.2, 0.25) is 0 Å². The highest BCUT2D eigenvalue weighted by Gasteiger charge is 2.18. The van der Waals surface area contributed by atoms with E-state index < -0.39 is 6.43 Å². The summed E-state index contributed by atoms with van der Waals surface area (Å²) in [6.07, 6.45) is -2.59. The van der Waals surface area contributed by atoms with Crippen LogP contribution in [0.4, 0.5) is 8.78 Å². The van der Waals surface area contributed by atoms with Crippen molar-refractivity contribution < 1.29 is 18.3 Å². The smallest absolute Gasteiger partial charge is 0.267 e. The van der Waals surface area contributed by atoms with Crippen molar-refractivity contribution in [1.82, 2.24) is 0 Å². The molecule has 2 nitrogen and oxygen atoms in total. The first kappa shape index (κ1) is 11.2. The molecule has 0 heterocycles. The Hall–Kier alpha value is -0.840. The van der Waals surface area contributed by atoms with Crippen LogP contribution in [0.25, 0.3) is 0 Å². The molecule has 0 aliphatic rings. The van der Waals surface area contributed by atoms with Crippen molar-refractivity contribution >= 4 is 15.9 Å². The van der Waals surface area contributed by atoms with Crippen molar-refractivity contribution in [3.05, 3.63) is 22.2 Å². The van der Waals surface area contributed by atoms with Gasteiger partial charge in [-0.1, -0.05) is 0 Å². The number of benzene rings is 1. The van der Waals surface area contributed by atoms with Gasteiger partial charge in [-0.3, -0.25) is 0 Å². The van der Waals surface area contributed by atoms with E-state index in [-0.39, 0.29) is 11.3 Å². The van der Waals surface area contributed by atoms with Crippen LogP contribution in [0.1, 0.15) is 12.0 Å². The lowest BCUT2D eigenvalue weighted by Crippen LogP contribution is -1.95. The zero-order valence-corrected chi connectivity index (χ0v) is 9.27. The maximum Gasteiger partial charge on any atom is 0.267 e. The van der Waals surface area contributed by atoms with Crippen LogP contribution in [0.3, 0.4) is 0 Å². The lowest BCUT2D eigenvalue weighted by atomic mass is 10.2. The molecule has 1 aromatic carbocycles. The molecule has 0 amide bonds. The quantitative estimate of drug-likeness (QED) is 0.835. The molecule has 0 N–H and O–H groups in total. The first-order chi connectivity index (χ1) is 6.60. The van der Waals surface area contributed by atoms with E-state index in [0.29, 0.717) is 10.2 Å². The fourth-order valence-electron chi connectivity index (χ4n) is 1.08. The van der Waals surface area contributed by atoms with Crippen molar-refractivity contribution in [2.75, 3.05) is 14.2 Å². The normalized spacial score (nSPS) is 10.4. The van der Waals surface area contributed by atoms with Crippen LogP contribution in [-0.4, -0.2) is 14.2 Å². The minimum atomic E-state index is -2.59. The number of alkyl halides is 2. The van der Waals surface area contributed by atoms with Crippen LogP contribution >= 0.6 is 15.9 Å². The Bertz CT molecular complexity index is 329. The molecule has 0 aromatic heterocycles. The predicted octanol–water partition coefficient (Wildman–Crippen LogP) is 3.40. The summed E-state index contributed by atoms with van der Waals surface area (Å²) in [4.78, 5) is 0. The summed E-state index contributed by atoms with van der Waals surface area (Å²) in [6.45, 7) is 0. The van der Waals surface area contributed by atoms with Crippen LogP contribution in [0, 0.1) is 0 Å². The van der Waals surface area contributed by atoms with E-state index in [2.05, 4.69) is 15.9 Å². The van der Waals surface area contributed by atoms with Crippen LogP contribution in [0.2, 0.25) is 0 Å². The standard InChI is InChI=1S/C9H9BrF2O2/c1-13-5-3-6(9(11)12)8(14-2)7(10)4-5/h3-4,9H,1-2H3. The lowest BCUT2D eigenvalue weighted by molar-refractivity contribution is 0.146.